The van der Waals surface area contributed by atoms with E-state index in [1.54, 1.807) is 12.3 Å². The summed E-state index contributed by atoms with van der Waals surface area (Å²) in [5.41, 5.74) is 4.50. The first-order valence-electron chi connectivity index (χ1n) is 10.0. The van der Waals surface area contributed by atoms with Gasteiger partial charge >= 0.3 is 0 Å². The maximum absolute atomic E-state index is 13.2. The van der Waals surface area contributed by atoms with Crippen molar-refractivity contribution >= 4 is 46.5 Å². The van der Waals surface area contributed by atoms with Crippen LogP contribution in [0.5, 0.6) is 0 Å². The minimum absolute atomic E-state index is 0. The molecule has 0 atom stereocenters. The molecule has 5 rings (SSSR count). The van der Waals surface area contributed by atoms with Crippen molar-refractivity contribution < 1.29 is 4.79 Å². The van der Waals surface area contributed by atoms with E-state index < -0.39 is 0 Å². The monoisotopic (exact) mass is 456 g/mol. The van der Waals surface area contributed by atoms with Gasteiger partial charge in [-0.1, -0.05) is 37.6 Å². The summed E-state index contributed by atoms with van der Waals surface area (Å²) < 4.78 is 1.88. The molecule has 0 aliphatic carbocycles. The summed E-state index contributed by atoms with van der Waals surface area (Å²) in [7, 11) is 0. The molecule has 1 aliphatic heterocycles. The molecule has 0 saturated carbocycles. The van der Waals surface area contributed by atoms with Crippen molar-refractivity contribution in [3.63, 3.8) is 0 Å². The van der Waals surface area contributed by atoms with Crippen LogP contribution < -0.4 is 5.56 Å². The fourth-order valence-corrected chi connectivity index (χ4v) is 4.54. The number of nitrogens with zero attached hydrogens (tertiary/aromatic N) is 3. The van der Waals surface area contributed by atoms with Crippen LogP contribution in [-0.4, -0.2) is 31.7 Å². The average Bonchev–Trinajstić information content (AvgIpc) is 3.19. The molecule has 31 heavy (non-hydrogen) atoms. The summed E-state index contributed by atoms with van der Waals surface area (Å²) in [6, 6.07) is 11.3. The molecule has 1 amide bonds. The van der Waals surface area contributed by atoms with Crippen molar-refractivity contribution in [3.05, 3.63) is 80.5 Å². The standard InChI is InChI=1S/C23H21ClN4O2.ClH/c1-13(2)21-25-11-20-22(29)26-18-10-14(6-7-19(18)28(20)21)23(30)27-9-8-16-15(12-27)4-3-5-17(16)24;/h3-7,10-11,13H,8-9,12H2,1-2H3,(H,26,29);1H. The van der Waals surface area contributed by atoms with Gasteiger partial charge in [-0.05, 0) is 41.8 Å². The first kappa shape index (κ1) is 21.4. The number of H-pyrrole nitrogens is 1. The fourth-order valence-electron chi connectivity index (χ4n) is 4.26. The van der Waals surface area contributed by atoms with Crippen molar-refractivity contribution in [1.29, 1.82) is 0 Å². The van der Waals surface area contributed by atoms with Gasteiger partial charge in [0.25, 0.3) is 11.5 Å². The molecule has 4 aromatic rings. The normalized spacial score (nSPS) is 13.5. The van der Waals surface area contributed by atoms with Crippen molar-refractivity contribution in [2.24, 2.45) is 0 Å². The van der Waals surface area contributed by atoms with E-state index in [-0.39, 0.29) is 29.8 Å². The number of carbonyl (C=O) groups is 1. The van der Waals surface area contributed by atoms with Crippen LogP contribution in [0, 0.1) is 0 Å². The van der Waals surface area contributed by atoms with Gasteiger partial charge in [-0.25, -0.2) is 4.98 Å². The van der Waals surface area contributed by atoms with Gasteiger partial charge < -0.3 is 9.88 Å². The zero-order valence-corrected chi connectivity index (χ0v) is 18.8. The van der Waals surface area contributed by atoms with E-state index in [0.29, 0.717) is 29.7 Å². The topological polar surface area (TPSA) is 70.5 Å². The van der Waals surface area contributed by atoms with Crippen LogP contribution in [-0.2, 0) is 13.0 Å². The third kappa shape index (κ3) is 3.50. The summed E-state index contributed by atoms with van der Waals surface area (Å²) in [5, 5.41) is 0.758. The van der Waals surface area contributed by atoms with Crippen LogP contribution in [0.4, 0.5) is 0 Å². The first-order valence-corrected chi connectivity index (χ1v) is 10.4. The highest BCUT2D eigenvalue weighted by atomic mass is 35.5. The Hall–Kier alpha value is -2.83. The van der Waals surface area contributed by atoms with Crippen LogP contribution in [0.1, 0.15) is 47.1 Å². The van der Waals surface area contributed by atoms with E-state index in [2.05, 4.69) is 9.97 Å². The van der Waals surface area contributed by atoms with E-state index in [1.165, 1.54) is 0 Å². The fraction of sp³-hybridized carbons (Fsp3) is 0.261. The number of aromatic nitrogens is 3. The van der Waals surface area contributed by atoms with Gasteiger partial charge in [0.15, 0.2) is 0 Å². The lowest BCUT2D eigenvalue weighted by molar-refractivity contribution is 0.0735. The van der Waals surface area contributed by atoms with Crippen LogP contribution >= 0.6 is 24.0 Å². The lowest BCUT2D eigenvalue weighted by atomic mass is 9.99. The second-order valence-electron chi connectivity index (χ2n) is 8.03. The smallest absolute Gasteiger partial charge is 0.274 e. The molecular formula is C23H22Cl2N4O2. The summed E-state index contributed by atoms with van der Waals surface area (Å²) in [6.07, 6.45) is 2.33. The van der Waals surface area contributed by atoms with Gasteiger partial charge in [-0.15, -0.1) is 12.4 Å². The minimum atomic E-state index is -0.215. The molecular weight excluding hydrogens is 435 g/mol. The minimum Gasteiger partial charge on any atom is -0.334 e. The molecule has 6 nitrogen and oxygen atoms in total. The number of imidazole rings is 1. The molecule has 8 heteroatoms. The SMILES string of the molecule is CC(C)c1ncc2c(=O)[nH]c3cc(C(=O)N4CCc5c(Cl)cccc5C4)ccc3n12.Cl. The van der Waals surface area contributed by atoms with Gasteiger partial charge in [0.2, 0.25) is 0 Å². The Morgan fingerprint density at radius 2 is 2.00 bits per heavy atom. The maximum Gasteiger partial charge on any atom is 0.274 e. The number of amides is 1. The summed E-state index contributed by atoms with van der Waals surface area (Å²) in [6.45, 7) is 5.23. The third-order valence-electron chi connectivity index (χ3n) is 5.77. The number of hydrogen-bond acceptors (Lipinski definition) is 3. The number of benzene rings is 2. The summed E-state index contributed by atoms with van der Waals surface area (Å²) in [5.74, 6) is 0.932. The molecule has 1 N–H and O–H groups in total. The van der Waals surface area contributed by atoms with Crippen molar-refractivity contribution in [2.45, 2.75) is 32.7 Å². The zero-order valence-electron chi connectivity index (χ0n) is 17.2. The third-order valence-corrected chi connectivity index (χ3v) is 6.12. The van der Waals surface area contributed by atoms with E-state index in [0.717, 1.165) is 33.9 Å². The van der Waals surface area contributed by atoms with Gasteiger partial charge in [0.05, 0.1) is 17.2 Å². The molecule has 0 saturated heterocycles. The van der Waals surface area contributed by atoms with Crippen LogP contribution in [0.15, 0.2) is 47.4 Å². The number of nitrogens with one attached hydrogen (secondary N) is 1. The van der Waals surface area contributed by atoms with Gasteiger partial charge in [0, 0.05) is 29.6 Å². The summed E-state index contributed by atoms with van der Waals surface area (Å²) in [4.78, 5) is 34.9. The number of halogens is 2. The van der Waals surface area contributed by atoms with Crippen LogP contribution in [0.2, 0.25) is 5.02 Å². The lowest BCUT2D eigenvalue weighted by Crippen LogP contribution is -2.36. The molecule has 0 spiro atoms. The largest absolute Gasteiger partial charge is 0.334 e. The Bertz CT molecular complexity index is 1370. The second-order valence-corrected chi connectivity index (χ2v) is 8.44. The van der Waals surface area contributed by atoms with Gasteiger partial charge in [0.1, 0.15) is 11.3 Å². The van der Waals surface area contributed by atoms with E-state index in [1.807, 2.05) is 53.5 Å². The number of carbonyl (C=O) groups excluding carboxylic acids is 1. The van der Waals surface area contributed by atoms with Crippen molar-refractivity contribution in [2.75, 3.05) is 6.54 Å². The number of hydrogen-bond donors (Lipinski definition) is 1. The molecule has 2 aromatic heterocycles. The molecule has 160 valence electrons. The van der Waals surface area contributed by atoms with Crippen molar-refractivity contribution in [1.82, 2.24) is 19.3 Å². The molecule has 0 unspecified atom stereocenters. The Balaban J connectivity index is 0.00000231. The van der Waals surface area contributed by atoms with E-state index in [4.69, 9.17) is 11.6 Å². The van der Waals surface area contributed by atoms with Crippen molar-refractivity contribution in [3.8, 4) is 0 Å². The first-order chi connectivity index (χ1) is 14.4. The van der Waals surface area contributed by atoms with E-state index >= 15 is 0 Å². The van der Waals surface area contributed by atoms with Crippen LogP contribution in [0.3, 0.4) is 0 Å². The zero-order chi connectivity index (χ0) is 21.0. The Morgan fingerprint density at radius 3 is 2.77 bits per heavy atom. The summed E-state index contributed by atoms with van der Waals surface area (Å²) >= 11 is 6.30. The predicted octanol–water partition coefficient (Wildman–Crippen LogP) is 4.57. The Labute approximate surface area is 190 Å². The van der Waals surface area contributed by atoms with Gasteiger partial charge in [-0.2, -0.15) is 0 Å². The molecule has 3 heterocycles. The highest BCUT2D eigenvalue weighted by Crippen LogP contribution is 2.27. The number of fused-ring (bicyclic) bond motifs is 4. The molecule has 0 bridgehead atoms. The van der Waals surface area contributed by atoms with Crippen LogP contribution in [0.25, 0.3) is 16.6 Å². The molecule has 2 aromatic carbocycles. The molecule has 0 fully saturated rings. The average molecular weight is 457 g/mol. The second kappa shape index (κ2) is 8.02. The number of aromatic amines is 1. The molecule has 0 radical (unpaired) electrons. The highest BCUT2D eigenvalue weighted by molar-refractivity contribution is 6.31. The van der Waals surface area contributed by atoms with E-state index in [9.17, 15) is 9.59 Å². The highest BCUT2D eigenvalue weighted by Gasteiger charge is 2.23. The predicted molar refractivity (Wildman–Crippen MR) is 125 cm³/mol. The Kier molecular flexibility index (Phi) is 5.54. The molecule has 1 aliphatic rings. The Morgan fingerprint density at radius 1 is 1.19 bits per heavy atom. The number of rotatable bonds is 2. The lowest BCUT2D eigenvalue weighted by Gasteiger charge is -2.29. The maximum atomic E-state index is 13.2. The quantitative estimate of drug-likeness (QED) is 0.479. The van der Waals surface area contributed by atoms with Gasteiger partial charge in [-0.3, -0.25) is 14.0 Å².